The van der Waals surface area contributed by atoms with Crippen LogP contribution in [0.1, 0.15) is 75.2 Å². The van der Waals surface area contributed by atoms with Crippen molar-refractivity contribution in [3.8, 4) is 5.88 Å². The average molecular weight is 450 g/mol. The van der Waals surface area contributed by atoms with Crippen molar-refractivity contribution in [3.63, 3.8) is 0 Å². The van der Waals surface area contributed by atoms with Crippen LogP contribution in [0.3, 0.4) is 0 Å². The second-order valence-electron chi connectivity index (χ2n) is 8.79. The minimum atomic E-state index is -0.375. The van der Waals surface area contributed by atoms with Crippen molar-refractivity contribution in [3.05, 3.63) is 58.8 Å². The van der Waals surface area contributed by atoms with Gasteiger partial charge in [0.05, 0.1) is 23.8 Å². The third kappa shape index (κ3) is 4.48. The molecular formula is C25H27N3O5. The maximum absolute atomic E-state index is 12.9. The molecule has 1 aliphatic carbocycles. The van der Waals surface area contributed by atoms with Gasteiger partial charge in [-0.3, -0.25) is 19.3 Å². The lowest BCUT2D eigenvalue weighted by Gasteiger charge is -2.17. The van der Waals surface area contributed by atoms with Gasteiger partial charge < -0.3 is 14.8 Å². The smallest absolute Gasteiger partial charge is 0.261 e. The van der Waals surface area contributed by atoms with Crippen molar-refractivity contribution in [1.29, 1.82) is 0 Å². The van der Waals surface area contributed by atoms with Gasteiger partial charge in [-0.2, -0.15) is 0 Å². The lowest BCUT2D eigenvalue weighted by molar-refractivity contribution is 0.0475. The highest BCUT2D eigenvalue weighted by Crippen LogP contribution is 2.27. The number of hydrogen-bond donors (Lipinski definition) is 1. The molecular weight excluding hydrogens is 422 g/mol. The molecule has 0 bridgehead atoms. The van der Waals surface area contributed by atoms with E-state index in [0.29, 0.717) is 23.6 Å². The zero-order valence-electron chi connectivity index (χ0n) is 18.4. The van der Waals surface area contributed by atoms with Crippen molar-refractivity contribution >= 4 is 17.7 Å². The molecule has 3 heterocycles. The average Bonchev–Trinajstić information content (AvgIpc) is 3.58. The van der Waals surface area contributed by atoms with Gasteiger partial charge in [0.2, 0.25) is 5.88 Å². The van der Waals surface area contributed by atoms with E-state index in [1.165, 1.54) is 11.0 Å². The van der Waals surface area contributed by atoms with E-state index < -0.39 is 0 Å². The Labute approximate surface area is 192 Å². The largest absolute Gasteiger partial charge is 0.474 e. The summed E-state index contributed by atoms with van der Waals surface area (Å²) in [6, 6.07) is 8.32. The molecule has 3 amide bonds. The molecule has 1 aromatic carbocycles. The second-order valence-corrected chi connectivity index (χ2v) is 8.79. The number of benzene rings is 1. The quantitative estimate of drug-likeness (QED) is 0.653. The number of pyridine rings is 1. The fraction of sp³-hybridized carbons (Fsp3) is 0.440. The summed E-state index contributed by atoms with van der Waals surface area (Å²) >= 11 is 0. The summed E-state index contributed by atoms with van der Waals surface area (Å²) in [6.45, 7) is 1.16. The van der Waals surface area contributed by atoms with Gasteiger partial charge in [-0.1, -0.05) is 6.07 Å². The van der Waals surface area contributed by atoms with Gasteiger partial charge >= 0.3 is 0 Å². The van der Waals surface area contributed by atoms with E-state index in [-0.39, 0.29) is 48.6 Å². The molecule has 0 radical (unpaired) electrons. The van der Waals surface area contributed by atoms with Crippen LogP contribution in [0.15, 0.2) is 36.5 Å². The Morgan fingerprint density at radius 3 is 2.70 bits per heavy atom. The highest BCUT2D eigenvalue weighted by molar-refractivity contribution is 6.22. The van der Waals surface area contributed by atoms with Gasteiger partial charge in [-0.05, 0) is 62.8 Å². The topological polar surface area (TPSA) is 97.8 Å². The molecule has 1 saturated heterocycles. The van der Waals surface area contributed by atoms with Gasteiger partial charge in [0, 0.05) is 30.5 Å². The second kappa shape index (κ2) is 9.31. The van der Waals surface area contributed by atoms with Crippen LogP contribution in [0.5, 0.6) is 5.88 Å². The zero-order chi connectivity index (χ0) is 22.8. The molecule has 1 atom stereocenters. The highest BCUT2D eigenvalue weighted by atomic mass is 16.5. The summed E-state index contributed by atoms with van der Waals surface area (Å²) in [5.41, 5.74) is 1.72. The van der Waals surface area contributed by atoms with Crippen molar-refractivity contribution in [1.82, 2.24) is 15.2 Å². The first-order chi connectivity index (χ1) is 16.1. The van der Waals surface area contributed by atoms with Gasteiger partial charge in [0.25, 0.3) is 17.7 Å². The molecule has 0 spiro atoms. The Morgan fingerprint density at radius 1 is 1.09 bits per heavy atom. The highest BCUT2D eigenvalue weighted by Gasteiger charge is 2.38. The van der Waals surface area contributed by atoms with Crippen LogP contribution in [0.2, 0.25) is 0 Å². The Hall–Kier alpha value is -3.26. The fourth-order valence-electron chi connectivity index (χ4n) is 4.70. The molecule has 2 aromatic rings. The number of nitrogens with zero attached hydrogens (tertiary/aromatic N) is 2. The summed E-state index contributed by atoms with van der Waals surface area (Å²) in [4.78, 5) is 43.9. The van der Waals surface area contributed by atoms with E-state index >= 15 is 0 Å². The first-order valence-electron chi connectivity index (χ1n) is 11.6. The van der Waals surface area contributed by atoms with Crippen LogP contribution in [-0.2, 0) is 11.3 Å². The number of nitrogens with one attached hydrogen (secondary N) is 1. The summed E-state index contributed by atoms with van der Waals surface area (Å²) < 4.78 is 11.6. The van der Waals surface area contributed by atoms with Crippen molar-refractivity contribution < 1.29 is 23.9 Å². The van der Waals surface area contributed by atoms with Crippen LogP contribution in [0.4, 0.5) is 0 Å². The van der Waals surface area contributed by atoms with E-state index in [1.807, 2.05) is 12.1 Å². The standard InChI is InChI=1S/C25H27N3O5/c29-22(27-14-17-5-3-11-26-23(17)33-18-6-1-2-7-18)16-9-10-20-21(13-16)25(31)28(24(20)30)15-19-8-4-12-32-19/h3,5,9-11,13,18-19H,1-2,4,6-8,12,14-15H2,(H,27,29). The summed E-state index contributed by atoms with van der Waals surface area (Å²) in [6.07, 6.45) is 7.87. The molecule has 2 aliphatic heterocycles. The fourth-order valence-corrected chi connectivity index (χ4v) is 4.70. The van der Waals surface area contributed by atoms with Crippen molar-refractivity contribution in [2.75, 3.05) is 13.2 Å². The Morgan fingerprint density at radius 2 is 1.91 bits per heavy atom. The van der Waals surface area contributed by atoms with E-state index in [2.05, 4.69) is 10.3 Å². The first-order valence-corrected chi connectivity index (χ1v) is 11.6. The van der Waals surface area contributed by atoms with Crippen LogP contribution in [-0.4, -0.2) is 53.0 Å². The van der Waals surface area contributed by atoms with Crippen LogP contribution < -0.4 is 10.1 Å². The molecule has 3 aliphatic rings. The van der Waals surface area contributed by atoms with E-state index in [4.69, 9.17) is 9.47 Å². The molecule has 1 N–H and O–H groups in total. The van der Waals surface area contributed by atoms with Gasteiger partial charge in [0.15, 0.2) is 0 Å². The van der Waals surface area contributed by atoms with E-state index in [0.717, 1.165) is 44.1 Å². The predicted molar refractivity (Wildman–Crippen MR) is 119 cm³/mol. The monoisotopic (exact) mass is 449 g/mol. The number of ether oxygens (including phenoxy) is 2. The third-order valence-electron chi connectivity index (χ3n) is 6.51. The minimum absolute atomic E-state index is 0.116. The van der Waals surface area contributed by atoms with Crippen LogP contribution in [0.25, 0.3) is 0 Å². The maximum atomic E-state index is 12.9. The molecule has 8 nitrogen and oxygen atoms in total. The molecule has 5 rings (SSSR count). The molecule has 1 unspecified atom stereocenters. The summed E-state index contributed by atoms with van der Waals surface area (Å²) in [7, 11) is 0. The number of fused-ring (bicyclic) bond motifs is 1. The number of carbonyl (C=O) groups is 3. The third-order valence-corrected chi connectivity index (χ3v) is 6.51. The summed E-state index contributed by atoms with van der Waals surface area (Å²) in [5, 5.41) is 2.88. The maximum Gasteiger partial charge on any atom is 0.261 e. The van der Waals surface area contributed by atoms with Crippen molar-refractivity contribution in [2.24, 2.45) is 0 Å². The van der Waals surface area contributed by atoms with Crippen LogP contribution >= 0.6 is 0 Å². The van der Waals surface area contributed by atoms with E-state index in [1.54, 1.807) is 18.3 Å². The Kier molecular flexibility index (Phi) is 6.09. The molecule has 1 saturated carbocycles. The lowest BCUT2D eigenvalue weighted by Crippen LogP contribution is -2.36. The molecule has 2 fully saturated rings. The SMILES string of the molecule is O=C(NCc1cccnc1OC1CCCC1)c1ccc2c(c1)C(=O)N(CC1CCCO1)C2=O. The number of imide groups is 1. The van der Waals surface area contributed by atoms with Crippen LogP contribution in [0, 0.1) is 0 Å². The molecule has 1 aromatic heterocycles. The number of aromatic nitrogens is 1. The number of carbonyl (C=O) groups excluding carboxylic acids is 3. The van der Waals surface area contributed by atoms with Gasteiger partial charge in [-0.25, -0.2) is 4.98 Å². The van der Waals surface area contributed by atoms with Gasteiger partial charge in [-0.15, -0.1) is 0 Å². The first kappa shape index (κ1) is 21.6. The number of hydrogen-bond acceptors (Lipinski definition) is 6. The minimum Gasteiger partial charge on any atom is -0.474 e. The predicted octanol–water partition coefficient (Wildman–Crippen LogP) is 3.11. The zero-order valence-corrected chi connectivity index (χ0v) is 18.4. The normalized spacial score (nSPS) is 20.4. The van der Waals surface area contributed by atoms with Crippen molar-refractivity contribution in [2.45, 2.75) is 57.3 Å². The lowest BCUT2D eigenvalue weighted by atomic mass is 10.1. The molecule has 172 valence electrons. The van der Waals surface area contributed by atoms with E-state index in [9.17, 15) is 14.4 Å². The number of amides is 3. The molecule has 8 heteroatoms. The Balaban J connectivity index is 1.25. The summed E-state index contributed by atoms with van der Waals surface area (Å²) in [5.74, 6) is -0.489. The van der Waals surface area contributed by atoms with Gasteiger partial charge in [0.1, 0.15) is 6.10 Å². The number of rotatable bonds is 7. The Bertz CT molecular complexity index is 1070. The molecule has 33 heavy (non-hydrogen) atoms.